The number of rotatable bonds is 8. The molecule has 0 aliphatic heterocycles. The monoisotopic (exact) mass is 390 g/mol. The molecule has 5 heteroatoms. The van der Waals surface area contributed by atoms with Crippen molar-refractivity contribution in [2.45, 2.75) is 13.0 Å². The van der Waals surface area contributed by atoms with Crippen LogP contribution in [-0.4, -0.2) is 26.3 Å². The van der Waals surface area contributed by atoms with Crippen molar-refractivity contribution in [2.75, 3.05) is 26.3 Å². The van der Waals surface area contributed by atoms with Gasteiger partial charge in [0.25, 0.3) is 0 Å². The van der Waals surface area contributed by atoms with Crippen LogP contribution >= 0.6 is 31.9 Å². The van der Waals surface area contributed by atoms with Crippen LogP contribution in [0.1, 0.15) is 18.5 Å². The number of hydrogen-bond acceptors (Lipinski definition) is 3. The van der Waals surface area contributed by atoms with Crippen molar-refractivity contribution in [2.24, 2.45) is 5.73 Å². The molecule has 0 saturated carbocycles. The fourth-order valence-corrected chi connectivity index (χ4v) is 2.26. The van der Waals surface area contributed by atoms with E-state index in [-0.39, 0.29) is 6.04 Å². The Labute approximate surface area is 131 Å². The van der Waals surface area contributed by atoms with Gasteiger partial charge < -0.3 is 15.8 Å². The number of ether oxygens (including phenoxy) is 1. The predicted octanol–water partition coefficient (Wildman–Crippen LogP) is 3.39. The molecule has 0 spiro atoms. The molecular weight excluding hydrogens is 372 g/mol. The van der Waals surface area contributed by atoms with Crippen molar-refractivity contribution in [3.05, 3.63) is 44.9 Å². The van der Waals surface area contributed by atoms with Gasteiger partial charge in [0.15, 0.2) is 0 Å². The van der Waals surface area contributed by atoms with Crippen molar-refractivity contribution in [1.29, 1.82) is 0 Å². The third-order valence-corrected chi connectivity index (χ3v) is 4.45. The Morgan fingerprint density at radius 3 is 2.74 bits per heavy atom. The normalized spacial score (nSPS) is 12.4. The SMILES string of the molecule is C=C(C)COCCNC(CN)c1ccc(Br)c(Br)c1. The molecule has 0 aliphatic rings. The zero-order valence-corrected chi connectivity index (χ0v) is 14.3. The molecule has 0 saturated heterocycles. The molecule has 0 amide bonds. The largest absolute Gasteiger partial charge is 0.376 e. The van der Waals surface area contributed by atoms with Gasteiger partial charge in [-0.25, -0.2) is 0 Å². The average molecular weight is 392 g/mol. The first-order valence-electron chi connectivity index (χ1n) is 6.15. The molecule has 3 nitrogen and oxygen atoms in total. The van der Waals surface area contributed by atoms with E-state index in [1.807, 2.05) is 13.0 Å². The second kappa shape index (κ2) is 8.87. The molecule has 106 valence electrons. The third-order valence-electron chi connectivity index (χ3n) is 2.57. The maximum absolute atomic E-state index is 5.81. The molecule has 1 rings (SSSR count). The Morgan fingerprint density at radius 2 is 2.16 bits per heavy atom. The van der Waals surface area contributed by atoms with Gasteiger partial charge in [0.05, 0.1) is 13.2 Å². The van der Waals surface area contributed by atoms with Crippen LogP contribution in [0, 0.1) is 0 Å². The van der Waals surface area contributed by atoms with E-state index in [1.54, 1.807) is 0 Å². The van der Waals surface area contributed by atoms with Crippen molar-refractivity contribution < 1.29 is 4.74 Å². The van der Waals surface area contributed by atoms with Crippen LogP contribution in [0.2, 0.25) is 0 Å². The molecule has 1 atom stereocenters. The predicted molar refractivity (Wildman–Crippen MR) is 87.3 cm³/mol. The lowest BCUT2D eigenvalue weighted by Gasteiger charge is -2.18. The average Bonchev–Trinajstić information content (AvgIpc) is 2.37. The van der Waals surface area contributed by atoms with Gasteiger partial charge in [0, 0.05) is 28.1 Å². The van der Waals surface area contributed by atoms with Gasteiger partial charge in [0.2, 0.25) is 0 Å². The highest BCUT2D eigenvalue weighted by molar-refractivity contribution is 9.13. The fourth-order valence-electron chi connectivity index (χ4n) is 1.62. The van der Waals surface area contributed by atoms with E-state index >= 15 is 0 Å². The zero-order chi connectivity index (χ0) is 14.3. The maximum atomic E-state index is 5.81. The van der Waals surface area contributed by atoms with E-state index in [1.165, 1.54) is 0 Å². The van der Waals surface area contributed by atoms with E-state index in [0.717, 1.165) is 26.6 Å². The molecule has 1 aromatic carbocycles. The number of halogens is 2. The van der Waals surface area contributed by atoms with Gasteiger partial charge in [-0.05, 0) is 56.5 Å². The Kier molecular flexibility index (Phi) is 7.87. The number of benzene rings is 1. The minimum atomic E-state index is 0.137. The summed E-state index contributed by atoms with van der Waals surface area (Å²) in [6.07, 6.45) is 0. The summed E-state index contributed by atoms with van der Waals surface area (Å²) in [7, 11) is 0. The lowest BCUT2D eigenvalue weighted by atomic mass is 10.1. The quantitative estimate of drug-likeness (QED) is 0.527. The Hall–Kier alpha value is -0.200. The third kappa shape index (κ3) is 6.19. The van der Waals surface area contributed by atoms with Crippen LogP contribution in [0.15, 0.2) is 39.3 Å². The molecule has 0 fully saturated rings. The second-order valence-corrected chi connectivity index (χ2v) is 6.13. The van der Waals surface area contributed by atoms with Gasteiger partial charge in [-0.1, -0.05) is 18.2 Å². The Bertz CT molecular complexity index is 424. The number of nitrogens with one attached hydrogen (secondary N) is 1. The van der Waals surface area contributed by atoms with Crippen molar-refractivity contribution in [1.82, 2.24) is 5.32 Å². The first-order chi connectivity index (χ1) is 9.04. The molecular formula is C14H20Br2N2O. The van der Waals surface area contributed by atoms with Crippen molar-refractivity contribution in [3.63, 3.8) is 0 Å². The van der Waals surface area contributed by atoms with E-state index in [2.05, 4.69) is 55.9 Å². The topological polar surface area (TPSA) is 47.3 Å². The van der Waals surface area contributed by atoms with Crippen LogP contribution < -0.4 is 11.1 Å². The van der Waals surface area contributed by atoms with Gasteiger partial charge in [0.1, 0.15) is 0 Å². The lowest BCUT2D eigenvalue weighted by molar-refractivity contribution is 0.155. The summed E-state index contributed by atoms with van der Waals surface area (Å²) < 4.78 is 7.52. The van der Waals surface area contributed by atoms with Crippen LogP contribution in [0.5, 0.6) is 0 Å². The minimum Gasteiger partial charge on any atom is -0.376 e. The number of hydrogen-bond donors (Lipinski definition) is 2. The summed E-state index contributed by atoms with van der Waals surface area (Å²) in [4.78, 5) is 0. The highest BCUT2D eigenvalue weighted by Gasteiger charge is 2.10. The standard InChI is InChI=1S/C14H20Br2N2O/c1-10(2)9-19-6-5-18-14(8-17)11-3-4-12(15)13(16)7-11/h3-4,7,14,18H,1,5-6,8-9,17H2,2H3. The molecule has 19 heavy (non-hydrogen) atoms. The molecule has 0 bridgehead atoms. The van der Waals surface area contributed by atoms with E-state index in [4.69, 9.17) is 10.5 Å². The first-order valence-corrected chi connectivity index (χ1v) is 7.73. The highest BCUT2D eigenvalue weighted by Crippen LogP contribution is 2.26. The maximum Gasteiger partial charge on any atom is 0.0672 e. The summed E-state index contributed by atoms with van der Waals surface area (Å²) in [5.41, 5.74) is 8.01. The summed E-state index contributed by atoms with van der Waals surface area (Å²) >= 11 is 6.96. The Balaban J connectivity index is 2.44. The lowest BCUT2D eigenvalue weighted by Crippen LogP contribution is -2.31. The van der Waals surface area contributed by atoms with E-state index in [9.17, 15) is 0 Å². The van der Waals surface area contributed by atoms with Crippen LogP contribution in [0.3, 0.4) is 0 Å². The highest BCUT2D eigenvalue weighted by atomic mass is 79.9. The van der Waals surface area contributed by atoms with Crippen molar-refractivity contribution in [3.8, 4) is 0 Å². The smallest absolute Gasteiger partial charge is 0.0672 e. The molecule has 0 aromatic heterocycles. The van der Waals surface area contributed by atoms with Crippen LogP contribution in [0.4, 0.5) is 0 Å². The van der Waals surface area contributed by atoms with Gasteiger partial charge in [-0.15, -0.1) is 0 Å². The summed E-state index contributed by atoms with van der Waals surface area (Å²) in [5, 5.41) is 3.39. The van der Waals surface area contributed by atoms with Crippen LogP contribution in [0.25, 0.3) is 0 Å². The van der Waals surface area contributed by atoms with Gasteiger partial charge in [-0.3, -0.25) is 0 Å². The summed E-state index contributed by atoms with van der Waals surface area (Å²) in [6.45, 7) is 8.33. The molecule has 0 heterocycles. The van der Waals surface area contributed by atoms with E-state index in [0.29, 0.717) is 19.8 Å². The second-order valence-electron chi connectivity index (χ2n) is 4.43. The fraction of sp³-hybridized carbons (Fsp3) is 0.429. The molecule has 1 unspecified atom stereocenters. The van der Waals surface area contributed by atoms with Gasteiger partial charge in [-0.2, -0.15) is 0 Å². The molecule has 0 radical (unpaired) electrons. The molecule has 0 aliphatic carbocycles. The van der Waals surface area contributed by atoms with Gasteiger partial charge >= 0.3 is 0 Å². The van der Waals surface area contributed by atoms with Crippen molar-refractivity contribution >= 4 is 31.9 Å². The Morgan fingerprint density at radius 1 is 1.42 bits per heavy atom. The molecule has 1 aromatic rings. The number of nitrogens with two attached hydrogens (primary N) is 1. The van der Waals surface area contributed by atoms with Crippen LogP contribution in [-0.2, 0) is 4.74 Å². The van der Waals surface area contributed by atoms with E-state index < -0.39 is 0 Å². The summed E-state index contributed by atoms with van der Waals surface area (Å²) in [5.74, 6) is 0. The summed E-state index contributed by atoms with van der Waals surface area (Å²) in [6, 6.07) is 6.29. The first kappa shape index (κ1) is 16.9. The molecule has 3 N–H and O–H groups in total. The zero-order valence-electron chi connectivity index (χ0n) is 11.1. The minimum absolute atomic E-state index is 0.137.